The molecule has 0 spiro atoms. The Morgan fingerprint density at radius 3 is 2.89 bits per heavy atom. The number of nitro benzene ring substituents is 1. The van der Waals surface area contributed by atoms with Crippen LogP contribution >= 0.6 is 23.4 Å². The molecule has 0 aliphatic carbocycles. The highest BCUT2D eigenvalue weighted by Gasteiger charge is 2.15. The maximum Gasteiger partial charge on any atom is 0.278 e. The molecular formula is C13H13ClN2O2S. The van der Waals surface area contributed by atoms with Crippen molar-refractivity contribution in [3.63, 3.8) is 0 Å². The quantitative estimate of drug-likeness (QED) is 0.358. The number of aromatic nitrogens is 1. The first-order chi connectivity index (χ1) is 9.13. The van der Waals surface area contributed by atoms with Gasteiger partial charge in [0.15, 0.2) is 0 Å². The van der Waals surface area contributed by atoms with Crippen LogP contribution < -0.4 is 0 Å². The van der Waals surface area contributed by atoms with Crippen molar-refractivity contribution >= 4 is 39.8 Å². The van der Waals surface area contributed by atoms with Gasteiger partial charge in [0.25, 0.3) is 5.69 Å². The Morgan fingerprint density at radius 2 is 2.21 bits per heavy atom. The fourth-order valence-corrected chi connectivity index (χ4v) is 3.42. The number of benzene rings is 1. The van der Waals surface area contributed by atoms with Crippen molar-refractivity contribution in [1.82, 2.24) is 4.98 Å². The van der Waals surface area contributed by atoms with E-state index >= 15 is 0 Å². The molecule has 0 radical (unpaired) electrons. The minimum atomic E-state index is -0.374. The van der Waals surface area contributed by atoms with E-state index in [-0.39, 0.29) is 10.6 Å². The van der Waals surface area contributed by atoms with E-state index in [0.29, 0.717) is 16.5 Å². The first-order valence-corrected chi connectivity index (χ1v) is 7.28. The molecule has 0 fully saturated rings. The second-order valence-electron chi connectivity index (χ2n) is 4.17. The summed E-state index contributed by atoms with van der Waals surface area (Å²) in [5.41, 5.74) is 0.0949. The molecule has 1 unspecified atom stereocenters. The number of fused-ring (bicyclic) bond motifs is 1. The monoisotopic (exact) mass is 296 g/mol. The number of nitro groups is 1. The van der Waals surface area contributed by atoms with Crippen molar-refractivity contribution in [2.45, 2.75) is 23.5 Å². The van der Waals surface area contributed by atoms with Gasteiger partial charge in [-0.1, -0.05) is 6.92 Å². The summed E-state index contributed by atoms with van der Waals surface area (Å²) < 4.78 is 0. The number of halogens is 1. The summed E-state index contributed by atoms with van der Waals surface area (Å²) in [6.07, 6.45) is 4.10. The Hall–Kier alpha value is -1.33. The topological polar surface area (TPSA) is 56.0 Å². The van der Waals surface area contributed by atoms with Crippen molar-refractivity contribution < 1.29 is 4.92 Å². The highest BCUT2D eigenvalue weighted by Crippen LogP contribution is 2.35. The van der Waals surface area contributed by atoms with Crippen LogP contribution in [0.15, 0.2) is 35.5 Å². The predicted molar refractivity (Wildman–Crippen MR) is 79.1 cm³/mol. The maximum atomic E-state index is 11.0. The zero-order chi connectivity index (χ0) is 13.8. The van der Waals surface area contributed by atoms with Crippen LogP contribution in [0, 0.1) is 10.1 Å². The van der Waals surface area contributed by atoms with Crippen molar-refractivity contribution in [1.29, 1.82) is 0 Å². The molecule has 1 atom stereocenters. The van der Waals surface area contributed by atoms with Gasteiger partial charge in [-0.3, -0.25) is 15.1 Å². The molecule has 0 amide bonds. The first-order valence-electron chi connectivity index (χ1n) is 5.87. The molecule has 0 bridgehead atoms. The molecule has 19 heavy (non-hydrogen) atoms. The Labute approximate surface area is 120 Å². The third-order valence-electron chi connectivity index (χ3n) is 2.80. The number of nitrogens with zero attached hydrogens (tertiary/aromatic N) is 2. The van der Waals surface area contributed by atoms with Gasteiger partial charge in [-0.15, -0.1) is 23.4 Å². The lowest BCUT2D eigenvalue weighted by molar-refractivity contribution is -0.383. The summed E-state index contributed by atoms with van der Waals surface area (Å²) in [6.45, 7) is 2.10. The fourth-order valence-electron chi connectivity index (χ4n) is 1.84. The van der Waals surface area contributed by atoms with Crippen LogP contribution in [-0.2, 0) is 0 Å². The molecule has 100 valence electrons. The number of hydrogen-bond donors (Lipinski definition) is 0. The Morgan fingerprint density at radius 1 is 1.42 bits per heavy atom. The Bertz CT molecular complexity index is 606. The summed E-state index contributed by atoms with van der Waals surface area (Å²) in [6, 6.07) is 5.16. The summed E-state index contributed by atoms with van der Waals surface area (Å²) in [4.78, 5) is 15.6. The molecule has 0 saturated heterocycles. The highest BCUT2D eigenvalue weighted by molar-refractivity contribution is 8.00. The second kappa shape index (κ2) is 6.21. The van der Waals surface area contributed by atoms with Crippen LogP contribution in [0.25, 0.3) is 10.8 Å². The van der Waals surface area contributed by atoms with Crippen LogP contribution in [0.1, 0.15) is 13.3 Å². The summed E-state index contributed by atoms with van der Waals surface area (Å²) in [5, 5.41) is 12.8. The largest absolute Gasteiger partial charge is 0.278 e. The molecule has 2 aromatic rings. The van der Waals surface area contributed by atoms with Gasteiger partial charge in [-0.2, -0.15) is 0 Å². The zero-order valence-corrected chi connectivity index (χ0v) is 11.9. The lowest BCUT2D eigenvalue weighted by atomic mass is 10.1. The molecule has 1 heterocycles. The standard InChI is InChI=1S/C13H13ClN2O2S/c1-9(4-6-14)19-13-3-2-12(16(17)18)11-8-15-7-5-10(11)13/h2-3,5,7-9H,4,6H2,1H3. The van der Waals surface area contributed by atoms with Crippen molar-refractivity contribution in [3.8, 4) is 0 Å². The summed E-state index contributed by atoms with van der Waals surface area (Å²) >= 11 is 7.42. The third kappa shape index (κ3) is 3.16. The lowest BCUT2D eigenvalue weighted by Gasteiger charge is -2.11. The van der Waals surface area contributed by atoms with Crippen LogP contribution in [0.2, 0.25) is 0 Å². The molecule has 2 rings (SSSR count). The van der Waals surface area contributed by atoms with Crippen molar-refractivity contribution in [2.24, 2.45) is 0 Å². The number of rotatable bonds is 5. The van der Waals surface area contributed by atoms with Crippen molar-refractivity contribution in [2.75, 3.05) is 5.88 Å². The van der Waals surface area contributed by atoms with E-state index in [9.17, 15) is 10.1 Å². The van der Waals surface area contributed by atoms with Gasteiger partial charge in [0.1, 0.15) is 0 Å². The maximum absolute atomic E-state index is 11.0. The normalized spacial score (nSPS) is 12.5. The van der Waals surface area contributed by atoms with E-state index < -0.39 is 0 Å². The predicted octanol–water partition coefficient (Wildman–Crippen LogP) is 4.25. The fraction of sp³-hybridized carbons (Fsp3) is 0.308. The Kier molecular flexibility index (Phi) is 4.61. The zero-order valence-electron chi connectivity index (χ0n) is 10.4. The van der Waals surface area contributed by atoms with E-state index in [1.54, 1.807) is 36.3 Å². The molecule has 0 aliphatic heterocycles. The molecule has 0 aliphatic rings. The van der Waals surface area contributed by atoms with Gasteiger partial charge in [-0.25, -0.2) is 0 Å². The number of alkyl halides is 1. The SMILES string of the molecule is CC(CCCl)Sc1ccc([N+](=O)[O-])c2cnccc12. The highest BCUT2D eigenvalue weighted by atomic mass is 35.5. The molecule has 1 aromatic heterocycles. The van der Waals surface area contributed by atoms with E-state index in [1.807, 2.05) is 6.07 Å². The molecular weight excluding hydrogens is 284 g/mol. The first kappa shape index (κ1) is 14.1. The van der Waals surface area contributed by atoms with Crippen LogP contribution in [0.4, 0.5) is 5.69 Å². The van der Waals surface area contributed by atoms with Gasteiger partial charge in [0.05, 0.1) is 10.3 Å². The van der Waals surface area contributed by atoms with Gasteiger partial charge in [-0.05, 0) is 18.6 Å². The van der Waals surface area contributed by atoms with Gasteiger partial charge in [0.2, 0.25) is 0 Å². The van der Waals surface area contributed by atoms with Gasteiger partial charge >= 0.3 is 0 Å². The van der Waals surface area contributed by atoms with Crippen LogP contribution in [0.3, 0.4) is 0 Å². The average molecular weight is 297 g/mol. The van der Waals surface area contributed by atoms with E-state index in [1.165, 1.54) is 0 Å². The van der Waals surface area contributed by atoms with Crippen LogP contribution in [0.5, 0.6) is 0 Å². The second-order valence-corrected chi connectivity index (χ2v) is 6.03. The molecule has 1 aromatic carbocycles. The van der Waals surface area contributed by atoms with E-state index in [2.05, 4.69) is 11.9 Å². The minimum Gasteiger partial charge on any atom is -0.264 e. The van der Waals surface area contributed by atoms with E-state index in [0.717, 1.165) is 16.7 Å². The summed E-state index contributed by atoms with van der Waals surface area (Å²) in [7, 11) is 0. The minimum absolute atomic E-state index is 0.0949. The number of hydrogen-bond acceptors (Lipinski definition) is 4. The molecule has 0 saturated carbocycles. The molecule has 4 nitrogen and oxygen atoms in total. The van der Waals surface area contributed by atoms with Gasteiger partial charge < -0.3 is 0 Å². The smallest absolute Gasteiger partial charge is 0.264 e. The summed E-state index contributed by atoms with van der Waals surface area (Å²) in [5.74, 6) is 0.612. The van der Waals surface area contributed by atoms with Crippen molar-refractivity contribution in [3.05, 3.63) is 40.7 Å². The molecule has 6 heteroatoms. The Balaban J connectivity index is 2.46. The van der Waals surface area contributed by atoms with E-state index in [4.69, 9.17) is 11.6 Å². The number of thioether (sulfide) groups is 1. The van der Waals surface area contributed by atoms with Gasteiger partial charge in [0, 0.05) is 39.9 Å². The lowest BCUT2D eigenvalue weighted by Crippen LogP contribution is -1.97. The third-order valence-corrected chi connectivity index (χ3v) is 4.26. The average Bonchev–Trinajstić information content (AvgIpc) is 2.39. The number of pyridine rings is 1. The number of non-ortho nitro benzene ring substituents is 1. The molecule has 0 N–H and O–H groups in total. The van der Waals surface area contributed by atoms with Crippen LogP contribution in [-0.4, -0.2) is 21.0 Å².